The summed E-state index contributed by atoms with van der Waals surface area (Å²) < 4.78 is 5.18. The fraction of sp³-hybridized carbons (Fsp3) is 0.188. The molecule has 5 heteroatoms. The first kappa shape index (κ1) is 15.7. The molecule has 1 N–H and O–H groups in total. The fourth-order valence-corrected chi connectivity index (χ4v) is 2.21. The Morgan fingerprint density at radius 2 is 1.76 bits per heavy atom. The maximum atomic E-state index is 11.8. The molecule has 0 aliphatic carbocycles. The van der Waals surface area contributed by atoms with Crippen molar-refractivity contribution in [2.45, 2.75) is 18.4 Å². The van der Waals surface area contributed by atoms with Gasteiger partial charge < -0.3 is 4.74 Å². The van der Waals surface area contributed by atoms with Gasteiger partial charge in [0.25, 0.3) is 0 Å². The van der Waals surface area contributed by atoms with Crippen molar-refractivity contribution in [3.8, 4) is 0 Å². The zero-order valence-corrected chi connectivity index (χ0v) is 12.8. The summed E-state index contributed by atoms with van der Waals surface area (Å²) in [5.41, 5.74) is 3.28. The lowest BCUT2D eigenvalue weighted by atomic mass is 10.1. The molecule has 2 aromatic rings. The lowest BCUT2D eigenvalue weighted by Crippen LogP contribution is -2.14. The molecule has 0 radical (unpaired) electrons. The minimum absolute atomic E-state index is 0.220. The fourth-order valence-electron chi connectivity index (χ4n) is 1.81. The van der Waals surface area contributed by atoms with Gasteiger partial charge in [-0.15, -0.1) is 23.2 Å². The van der Waals surface area contributed by atoms with Crippen molar-refractivity contribution >= 4 is 35.0 Å². The Kier molecular flexibility index (Phi) is 5.90. The number of halogens is 2. The molecule has 0 spiro atoms. The van der Waals surface area contributed by atoms with Gasteiger partial charge in [-0.3, -0.25) is 5.32 Å². The molecule has 3 nitrogen and oxygen atoms in total. The number of ether oxygens (including phenoxy) is 1. The van der Waals surface area contributed by atoms with E-state index in [1.54, 1.807) is 6.07 Å². The number of carbonyl (C=O) groups is 1. The number of hydrogen-bond acceptors (Lipinski definition) is 2. The third-order valence-electron chi connectivity index (χ3n) is 2.92. The van der Waals surface area contributed by atoms with Gasteiger partial charge in [0, 0.05) is 17.4 Å². The van der Waals surface area contributed by atoms with E-state index in [9.17, 15) is 4.79 Å². The van der Waals surface area contributed by atoms with Crippen LogP contribution in [0.4, 0.5) is 10.5 Å². The van der Waals surface area contributed by atoms with Crippen LogP contribution in [-0.4, -0.2) is 6.09 Å². The summed E-state index contributed by atoms with van der Waals surface area (Å²) in [5, 5.41) is 2.70. The van der Waals surface area contributed by atoms with Crippen LogP contribution in [0.15, 0.2) is 48.5 Å². The molecule has 0 aliphatic heterocycles. The first-order valence-corrected chi connectivity index (χ1v) is 7.51. The van der Waals surface area contributed by atoms with Gasteiger partial charge >= 0.3 is 6.09 Å². The Balaban J connectivity index is 1.99. The molecular weight excluding hydrogens is 309 g/mol. The Morgan fingerprint density at radius 1 is 1.00 bits per heavy atom. The minimum Gasteiger partial charge on any atom is -0.444 e. The molecule has 0 heterocycles. The standard InChI is InChI=1S/C16H15Cl2NO2/c17-9-13-6-7-14(10-18)15(8-13)19-16(20)21-11-12-4-2-1-3-5-12/h1-8H,9-11H2,(H,19,20). The highest BCUT2D eigenvalue weighted by Crippen LogP contribution is 2.21. The predicted molar refractivity (Wildman–Crippen MR) is 85.8 cm³/mol. The number of benzene rings is 2. The topological polar surface area (TPSA) is 38.3 Å². The largest absolute Gasteiger partial charge is 0.444 e. The number of alkyl halides is 2. The second-order valence-electron chi connectivity index (χ2n) is 4.45. The van der Waals surface area contributed by atoms with Crippen molar-refractivity contribution in [1.82, 2.24) is 0 Å². The summed E-state index contributed by atoms with van der Waals surface area (Å²) in [4.78, 5) is 11.8. The van der Waals surface area contributed by atoms with Crippen LogP contribution in [0.25, 0.3) is 0 Å². The third kappa shape index (κ3) is 4.66. The average Bonchev–Trinajstić information content (AvgIpc) is 2.54. The molecule has 0 atom stereocenters. The van der Waals surface area contributed by atoms with E-state index in [-0.39, 0.29) is 6.61 Å². The summed E-state index contributed by atoms with van der Waals surface area (Å²) in [7, 11) is 0. The van der Waals surface area contributed by atoms with Gasteiger partial charge in [0.1, 0.15) is 6.61 Å². The number of hydrogen-bond donors (Lipinski definition) is 1. The molecule has 0 bridgehead atoms. The Labute approximate surface area is 133 Å². The van der Waals surface area contributed by atoms with Crippen LogP contribution in [0.1, 0.15) is 16.7 Å². The van der Waals surface area contributed by atoms with Crippen LogP contribution in [0, 0.1) is 0 Å². The molecule has 0 saturated heterocycles. The predicted octanol–water partition coefficient (Wildman–Crippen LogP) is 4.91. The van der Waals surface area contributed by atoms with Crippen molar-refractivity contribution in [2.24, 2.45) is 0 Å². The SMILES string of the molecule is O=C(Nc1cc(CCl)ccc1CCl)OCc1ccccc1. The molecule has 0 aromatic heterocycles. The van der Waals surface area contributed by atoms with Crippen LogP contribution in [0.5, 0.6) is 0 Å². The number of nitrogens with one attached hydrogen (secondary N) is 1. The monoisotopic (exact) mass is 323 g/mol. The third-order valence-corrected chi connectivity index (χ3v) is 3.52. The molecule has 21 heavy (non-hydrogen) atoms. The van der Waals surface area contributed by atoms with Crippen LogP contribution < -0.4 is 5.32 Å². The Hall–Kier alpha value is -1.71. The smallest absolute Gasteiger partial charge is 0.411 e. The number of rotatable bonds is 5. The molecule has 0 fully saturated rings. The van der Waals surface area contributed by atoms with Gasteiger partial charge in [-0.25, -0.2) is 4.79 Å². The highest BCUT2D eigenvalue weighted by molar-refractivity contribution is 6.18. The lowest BCUT2D eigenvalue weighted by molar-refractivity contribution is 0.155. The molecule has 110 valence electrons. The molecule has 1 amide bonds. The van der Waals surface area contributed by atoms with Crippen molar-refractivity contribution in [3.05, 3.63) is 65.2 Å². The van der Waals surface area contributed by atoms with E-state index in [1.807, 2.05) is 42.5 Å². The Bertz CT molecular complexity index is 602. The van der Waals surface area contributed by atoms with Gasteiger partial charge in [0.2, 0.25) is 0 Å². The molecular formula is C16H15Cl2NO2. The van der Waals surface area contributed by atoms with E-state index in [0.29, 0.717) is 17.4 Å². The van der Waals surface area contributed by atoms with Gasteiger partial charge in [0.15, 0.2) is 0 Å². The van der Waals surface area contributed by atoms with Gasteiger partial charge in [-0.1, -0.05) is 42.5 Å². The minimum atomic E-state index is -0.517. The van der Waals surface area contributed by atoms with Crippen LogP contribution >= 0.6 is 23.2 Å². The van der Waals surface area contributed by atoms with Gasteiger partial charge in [0.05, 0.1) is 0 Å². The van der Waals surface area contributed by atoms with E-state index < -0.39 is 6.09 Å². The van der Waals surface area contributed by atoms with Crippen molar-refractivity contribution < 1.29 is 9.53 Å². The number of carbonyl (C=O) groups excluding carboxylic acids is 1. The summed E-state index contributed by atoms with van der Waals surface area (Å²) in [6.07, 6.45) is -0.517. The Morgan fingerprint density at radius 3 is 2.43 bits per heavy atom. The summed E-state index contributed by atoms with van der Waals surface area (Å²) in [5.74, 6) is 0.674. The van der Waals surface area contributed by atoms with Crippen LogP contribution in [0.3, 0.4) is 0 Å². The zero-order chi connectivity index (χ0) is 15.1. The van der Waals surface area contributed by atoms with Crippen LogP contribution in [0.2, 0.25) is 0 Å². The van der Waals surface area contributed by atoms with Crippen LogP contribution in [-0.2, 0) is 23.1 Å². The molecule has 2 rings (SSSR count). The second kappa shape index (κ2) is 7.91. The molecule has 0 unspecified atom stereocenters. The van der Waals surface area contributed by atoms with Crippen molar-refractivity contribution in [2.75, 3.05) is 5.32 Å². The first-order valence-electron chi connectivity index (χ1n) is 6.44. The average molecular weight is 324 g/mol. The summed E-state index contributed by atoms with van der Waals surface area (Å²) in [6.45, 7) is 0.220. The van der Waals surface area contributed by atoms with E-state index in [4.69, 9.17) is 27.9 Å². The van der Waals surface area contributed by atoms with Crippen molar-refractivity contribution in [1.29, 1.82) is 0 Å². The zero-order valence-electron chi connectivity index (χ0n) is 11.3. The number of anilines is 1. The summed E-state index contributed by atoms with van der Waals surface area (Å²) >= 11 is 11.7. The van der Waals surface area contributed by atoms with E-state index in [1.165, 1.54) is 0 Å². The maximum absolute atomic E-state index is 11.8. The van der Waals surface area contributed by atoms with Crippen molar-refractivity contribution in [3.63, 3.8) is 0 Å². The molecule has 0 aliphatic rings. The highest BCUT2D eigenvalue weighted by Gasteiger charge is 2.08. The van der Waals surface area contributed by atoms with E-state index in [0.717, 1.165) is 16.7 Å². The first-order chi connectivity index (χ1) is 10.2. The maximum Gasteiger partial charge on any atom is 0.411 e. The summed E-state index contributed by atoms with van der Waals surface area (Å²) in [6, 6.07) is 15.0. The highest BCUT2D eigenvalue weighted by atomic mass is 35.5. The van der Waals surface area contributed by atoms with Gasteiger partial charge in [-0.2, -0.15) is 0 Å². The van der Waals surface area contributed by atoms with E-state index >= 15 is 0 Å². The number of amides is 1. The molecule has 0 saturated carbocycles. The van der Waals surface area contributed by atoms with E-state index in [2.05, 4.69) is 5.32 Å². The normalized spacial score (nSPS) is 10.2. The molecule has 2 aromatic carbocycles. The second-order valence-corrected chi connectivity index (χ2v) is 4.98. The quantitative estimate of drug-likeness (QED) is 0.793. The van der Waals surface area contributed by atoms with Gasteiger partial charge in [-0.05, 0) is 22.8 Å². The lowest BCUT2D eigenvalue weighted by Gasteiger charge is -2.11.